The highest BCUT2D eigenvalue weighted by atomic mass is 35.5. The Labute approximate surface area is 188 Å². The number of nitrogens with one attached hydrogen (secondary N) is 2. The van der Waals surface area contributed by atoms with Gasteiger partial charge in [-0.1, -0.05) is 32.4 Å². The largest absolute Gasteiger partial charge is 0.493 e. The van der Waals surface area contributed by atoms with Crippen molar-refractivity contribution in [3.05, 3.63) is 64.2 Å². The minimum atomic E-state index is -0.0408. The van der Waals surface area contributed by atoms with E-state index in [2.05, 4.69) is 52.1 Å². The van der Waals surface area contributed by atoms with Gasteiger partial charge in [-0.25, -0.2) is 0 Å². The SMILES string of the molecule is CC(C)(C)c1[nH]ncc1CN1CCO[C@@H](c2cc(CCOc3ccc(Cl)cc3)[nH]n2)C1. The number of morpholine rings is 1. The van der Waals surface area contributed by atoms with Crippen LogP contribution in [0.15, 0.2) is 36.5 Å². The highest BCUT2D eigenvalue weighted by Crippen LogP contribution is 2.27. The summed E-state index contributed by atoms with van der Waals surface area (Å²) in [5.41, 5.74) is 4.46. The summed E-state index contributed by atoms with van der Waals surface area (Å²) in [6.07, 6.45) is 2.65. The van der Waals surface area contributed by atoms with Crippen LogP contribution in [0.5, 0.6) is 5.75 Å². The molecule has 1 saturated heterocycles. The summed E-state index contributed by atoms with van der Waals surface area (Å²) >= 11 is 5.91. The molecule has 7 nitrogen and oxygen atoms in total. The second kappa shape index (κ2) is 9.42. The highest BCUT2D eigenvalue weighted by Gasteiger charge is 2.27. The minimum absolute atomic E-state index is 0.0408. The van der Waals surface area contributed by atoms with E-state index in [1.54, 1.807) is 0 Å². The molecule has 31 heavy (non-hydrogen) atoms. The molecule has 0 unspecified atom stereocenters. The van der Waals surface area contributed by atoms with E-state index in [1.807, 2.05) is 30.5 Å². The van der Waals surface area contributed by atoms with E-state index in [0.29, 0.717) is 18.2 Å². The topological polar surface area (TPSA) is 79.1 Å². The Kier molecular flexibility index (Phi) is 6.65. The first kappa shape index (κ1) is 21.9. The van der Waals surface area contributed by atoms with Crippen LogP contribution in [0.4, 0.5) is 0 Å². The van der Waals surface area contributed by atoms with Crippen LogP contribution in [0.25, 0.3) is 0 Å². The molecular weight excluding hydrogens is 414 g/mol. The molecule has 3 heterocycles. The lowest BCUT2D eigenvalue weighted by atomic mass is 9.89. The third-order valence-electron chi connectivity index (χ3n) is 5.45. The molecule has 0 saturated carbocycles. The third-order valence-corrected chi connectivity index (χ3v) is 5.70. The lowest BCUT2D eigenvalue weighted by Crippen LogP contribution is -2.38. The number of hydrogen-bond acceptors (Lipinski definition) is 5. The molecule has 1 atom stereocenters. The Morgan fingerprint density at radius 3 is 2.81 bits per heavy atom. The van der Waals surface area contributed by atoms with Gasteiger partial charge in [0.05, 0.1) is 25.1 Å². The minimum Gasteiger partial charge on any atom is -0.493 e. The van der Waals surface area contributed by atoms with E-state index < -0.39 is 0 Å². The van der Waals surface area contributed by atoms with Gasteiger partial charge < -0.3 is 9.47 Å². The predicted octanol–water partition coefficient (Wildman–Crippen LogP) is 4.28. The normalized spacial score (nSPS) is 17.7. The molecule has 0 bridgehead atoms. The van der Waals surface area contributed by atoms with Crippen molar-refractivity contribution in [3.8, 4) is 5.75 Å². The first-order valence-corrected chi connectivity index (χ1v) is 11.1. The zero-order chi connectivity index (χ0) is 21.8. The summed E-state index contributed by atoms with van der Waals surface area (Å²) in [7, 11) is 0. The van der Waals surface area contributed by atoms with Crippen molar-refractivity contribution >= 4 is 11.6 Å². The van der Waals surface area contributed by atoms with Crippen molar-refractivity contribution in [3.63, 3.8) is 0 Å². The number of H-pyrrole nitrogens is 2. The smallest absolute Gasteiger partial charge is 0.119 e. The molecule has 8 heteroatoms. The number of aromatic nitrogens is 4. The van der Waals surface area contributed by atoms with Crippen molar-refractivity contribution in [2.75, 3.05) is 26.3 Å². The summed E-state index contributed by atoms with van der Waals surface area (Å²) in [5.74, 6) is 0.810. The van der Waals surface area contributed by atoms with E-state index in [1.165, 1.54) is 11.3 Å². The number of hydrogen-bond donors (Lipinski definition) is 2. The molecule has 166 valence electrons. The van der Waals surface area contributed by atoms with E-state index in [4.69, 9.17) is 21.1 Å². The van der Waals surface area contributed by atoms with E-state index >= 15 is 0 Å². The van der Waals surface area contributed by atoms with Crippen molar-refractivity contribution in [2.24, 2.45) is 0 Å². The summed E-state index contributed by atoms with van der Waals surface area (Å²) in [6, 6.07) is 9.47. The van der Waals surface area contributed by atoms with E-state index in [-0.39, 0.29) is 11.5 Å². The average Bonchev–Trinajstić information content (AvgIpc) is 3.39. The van der Waals surface area contributed by atoms with Gasteiger partial charge in [0, 0.05) is 53.4 Å². The fourth-order valence-electron chi connectivity index (χ4n) is 3.83. The van der Waals surface area contributed by atoms with Crippen LogP contribution < -0.4 is 4.74 Å². The van der Waals surface area contributed by atoms with Gasteiger partial charge in [-0.15, -0.1) is 0 Å². The molecule has 3 aromatic rings. The van der Waals surface area contributed by atoms with E-state index in [9.17, 15) is 0 Å². The van der Waals surface area contributed by atoms with Crippen LogP contribution in [0.2, 0.25) is 5.02 Å². The van der Waals surface area contributed by atoms with Gasteiger partial charge in [0.25, 0.3) is 0 Å². The quantitative estimate of drug-likeness (QED) is 0.569. The first-order chi connectivity index (χ1) is 14.9. The van der Waals surface area contributed by atoms with Crippen molar-refractivity contribution in [2.45, 2.75) is 45.3 Å². The van der Waals surface area contributed by atoms with Crippen LogP contribution in [-0.4, -0.2) is 51.6 Å². The molecule has 0 amide bonds. The van der Waals surface area contributed by atoms with Gasteiger partial charge in [0.2, 0.25) is 0 Å². The Balaban J connectivity index is 1.31. The molecule has 1 fully saturated rings. The zero-order valence-electron chi connectivity index (χ0n) is 18.3. The number of benzene rings is 1. The van der Waals surface area contributed by atoms with E-state index in [0.717, 1.165) is 43.2 Å². The maximum atomic E-state index is 6.02. The fraction of sp³-hybridized carbons (Fsp3) is 0.478. The van der Waals surface area contributed by atoms with Crippen LogP contribution in [0, 0.1) is 0 Å². The predicted molar refractivity (Wildman–Crippen MR) is 120 cm³/mol. The maximum absolute atomic E-state index is 6.02. The molecule has 0 radical (unpaired) electrons. The lowest BCUT2D eigenvalue weighted by Gasteiger charge is -2.32. The number of nitrogens with zero attached hydrogens (tertiary/aromatic N) is 3. The number of halogens is 1. The molecule has 0 spiro atoms. The number of aromatic amines is 2. The summed E-state index contributed by atoms with van der Waals surface area (Å²) in [5, 5.41) is 15.8. The Morgan fingerprint density at radius 2 is 2.03 bits per heavy atom. The summed E-state index contributed by atoms with van der Waals surface area (Å²) < 4.78 is 11.8. The molecular formula is C23H30ClN5O2. The van der Waals surface area contributed by atoms with Crippen LogP contribution in [-0.2, 0) is 23.1 Å². The molecule has 1 aromatic carbocycles. The maximum Gasteiger partial charge on any atom is 0.119 e. The first-order valence-electron chi connectivity index (χ1n) is 10.7. The molecule has 1 aliphatic rings. The molecule has 0 aliphatic carbocycles. The zero-order valence-corrected chi connectivity index (χ0v) is 19.1. The number of ether oxygens (including phenoxy) is 2. The second-order valence-corrected chi connectivity index (χ2v) is 9.42. The van der Waals surface area contributed by atoms with Crippen LogP contribution in [0.3, 0.4) is 0 Å². The molecule has 1 aliphatic heterocycles. The standard InChI is InChI=1S/C23H30ClN5O2/c1-23(2,3)22-16(13-25-28-22)14-29-9-11-31-21(15-29)20-12-18(26-27-20)8-10-30-19-6-4-17(24)5-7-19/h4-7,12-13,21H,8-11,14-15H2,1-3H3,(H,25,28)(H,26,27)/t21-/m1/s1. The van der Waals surface area contributed by atoms with Gasteiger partial charge in [0.1, 0.15) is 11.9 Å². The monoisotopic (exact) mass is 443 g/mol. The summed E-state index contributed by atoms with van der Waals surface area (Å²) in [6.45, 7) is 10.4. The number of rotatable bonds is 7. The lowest BCUT2D eigenvalue weighted by molar-refractivity contribution is -0.0351. The Bertz CT molecular complexity index is 977. The Morgan fingerprint density at radius 1 is 1.23 bits per heavy atom. The van der Waals surface area contributed by atoms with Gasteiger partial charge in [-0.2, -0.15) is 10.2 Å². The van der Waals surface area contributed by atoms with Crippen LogP contribution in [0.1, 0.15) is 49.5 Å². The van der Waals surface area contributed by atoms with Gasteiger partial charge >= 0.3 is 0 Å². The fourth-order valence-corrected chi connectivity index (χ4v) is 3.95. The second-order valence-electron chi connectivity index (χ2n) is 8.99. The molecule has 4 rings (SSSR count). The van der Waals surface area contributed by atoms with Gasteiger partial charge in [-0.05, 0) is 30.3 Å². The van der Waals surface area contributed by atoms with Crippen molar-refractivity contribution in [1.82, 2.24) is 25.3 Å². The van der Waals surface area contributed by atoms with Crippen LogP contribution >= 0.6 is 11.6 Å². The molecule has 2 aromatic heterocycles. The van der Waals surface area contributed by atoms with Gasteiger partial charge in [-0.3, -0.25) is 15.1 Å². The Hall–Kier alpha value is -2.35. The van der Waals surface area contributed by atoms with Gasteiger partial charge in [0.15, 0.2) is 0 Å². The highest BCUT2D eigenvalue weighted by molar-refractivity contribution is 6.30. The van der Waals surface area contributed by atoms with Crippen molar-refractivity contribution < 1.29 is 9.47 Å². The molecule has 2 N–H and O–H groups in total. The van der Waals surface area contributed by atoms with Crippen molar-refractivity contribution in [1.29, 1.82) is 0 Å². The average molecular weight is 444 g/mol. The third kappa shape index (κ3) is 5.67. The summed E-state index contributed by atoms with van der Waals surface area (Å²) in [4.78, 5) is 2.41.